The molecule has 0 amide bonds. The van der Waals surface area contributed by atoms with Crippen molar-refractivity contribution in [2.24, 2.45) is 0 Å². The van der Waals surface area contributed by atoms with Gasteiger partial charge in [0.2, 0.25) is 0 Å². The molecule has 0 radical (unpaired) electrons. The van der Waals surface area contributed by atoms with Crippen LogP contribution in [0.2, 0.25) is 0 Å². The summed E-state index contributed by atoms with van der Waals surface area (Å²) in [5, 5.41) is 3.51. The Hall–Kier alpha value is -1.42. The Kier molecular flexibility index (Phi) is 7.22. The third kappa shape index (κ3) is 4.79. The third-order valence-electron chi connectivity index (χ3n) is 4.76. The highest BCUT2D eigenvalue weighted by atomic mass is 35.5. The first-order valence-electron chi connectivity index (χ1n) is 8.67. The second kappa shape index (κ2) is 9.16. The minimum Gasteiger partial charge on any atom is -0.314 e. The van der Waals surface area contributed by atoms with Crippen molar-refractivity contribution in [1.29, 1.82) is 0 Å². The van der Waals surface area contributed by atoms with Gasteiger partial charge in [-0.05, 0) is 35.1 Å². The maximum absolute atomic E-state index is 4.28. The first kappa shape index (κ1) is 18.9. The highest BCUT2D eigenvalue weighted by Crippen LogP contribution is 2.22. The van der Waals surface area contributed by atoms with Crippen LogP contribution in [0.1, 0.15) is 42.5 Å². The van der Waals surface area contributed by atoms with Crippen LogP contribution in [0.25, 0.3) is 0 Å². The summed E-state index contributed by atoms with van der Waals surface area (Å²) in [6, 6.07) is 13.8. The van der Waals surface area contributed by atoms with Gasteiger partial charge >= 0.3 is 0 Å². The fourth-order valence-corrected chi connectivity index (χ4v) is 3.26. The number of pyridine rings is 1. The Morgan fingerprint density at radius 1 is 1.21 bits per heavy atom. The lowest BCUT2D eigenvalue weighted by Crippen LogP contribution is -2.46. The largest absolute Gasteiger partial charge is 0.314 e. The van der Waals surface area contributed by atoms with Gasteiger partial charge in [-0.25, -0.2) is 0 Å². The number of halogens is 1. The van der Waals surface area contributed by atoms with Gasteiger partial charge in [0.25, 0.3) is 0 Å². The number of nitrogens with zero attached hydrogens (tertiary/aromatic N) is 2. The van der Waals surface area contributed by atoms with Crippen LogP contribution in [-0.2, 0) is 6.42 Å². The molecule has 0 spiro atoms. The van der Waals surface area contributed by atoms with E-state index in [0.29, 0.717) is 12.0 Å². The fourth-order valence-electron chi connectivity index (χ4n) is 3.26. The van der Waals surface area contributed by atoms with Crippen molar-refractivity contribution in [2.45, 2.75) is 32.2 Å². The average Bonchev–Trinajstić information content (AvgIpc) is 2.61. The summed E-state index contributed by atoms with van der Waals surface area (Å²) in [7, 11) is 0. The summed E-state index contributed by atoms with van der Waals surface area (Å²) < 4.78 is 0. The summed E-state index contributed by atoms with van der Waals surface area (Å²) in [6.45, 7) is 8.77. The van der Waals surface area contributed by atoms with E-state index in [1.807, 2.05) is 18.5 Å². The fraction of sp³-hybridized carbons (Fsp3) is 0.450. The van der Waals surface area contributed by atoms with Crippen LogP contribution < -0.4 is 5.32 Å². The molecule has 1 fully saturated rings. The molecule has 1 N–H and O–H groups in total. The Balaban J connectivity index is 0.00000208. The van der Waals surface area contributed by atoms with Crippen molar-refractivity contribution in [3.8, 4) is 0 Å². The second-order valence-electron chi connectivity index (χ2n) is 6.69. The maximum Gasteiger partial charge on any atom is 0.0488 e. The molecule has 3 rings (SSSR count). The van der Waals surface area contributed by atoms with Gasteiger partial charge in [0, 0.05) is 44.6 Å². The molecule has 1 atom stereocenters. The van der Waals surface area contributed by atoms with Crippen molar-refractivity contribution in [3.63, 3.8) is 0 Å². The molecule has 1 aliphatic rings. The van der Waals surface area contributed by atoms with E-state index in [-0.39, 0.29) is 12.4 Å². The Labute approximate surface area is 151 Å². The van der Waals surface area contributed by atoms with Crippen molar-refractivity contribution >= 4 is 12.4 Å². The van der Waals surface area contributed by atoms with Crippen LogP contribution in [0.3, 0.4) is 0 Å². The molecule has 4 heteroatoms. The molecule has 1 saturated heterocycles. The van der Waals surface area contributed by atoms with E-state index in [4.69, 9.17) is 0 Å². The number of benzene rings is 1. The zero-order valence-electron chi connectivity index (χ0n) is 14.6. The molecule has 1 aromatic carbocycles. The SMILES string of the molecule is CC(C)c1ccc(CCN2CCNCC2c2cccnc2)cc1.Cl. The summed E-state index contributed by atoms with van der Waals surface area (Å²) in [6.07, 6.45) is 4.96. The molecule has 2 aromatic rings. The topological polar surface area (TPSA) is 28.2 Å². The second-order valence-corrected chi connectivity index (χ2v) is 6.69. The van der Waals surface area contributed by atoms with Crippen LogP contribution in [0.15, 0.2) is 48.8 Å². The maximum atomic E-state index is 4.28. The number of piperazine rings is 1. The predicted molar refractivity (Wildman–Crippen MR) is 103 cm³/mol. The molecule has 24 heavy (non-hydrogen) atoms. The van der Waals surface area contributed by atoms with Gasteiger partial charge in [-0.1, -0.05) is 44.2 Å². The average molecular weight is 346 g/mol. The monoisotopic (exact) mass is 345 g/mol. The van der Waals surface area contributed by atoms with E-state index in [2.05, 4.69) is 59.4 Å². The van der Waals surface area contributed by atoms with Crippen molar-refractivity contribution < 1.29 is 0 Å². The molecule has 130 valence electrons. The zero-order valence-corrected chi connectivity index (χ0v) is 15.4. The van der Waals surface area contributed by atoms with Crippen molar-refractivity contribution in [3.05, 3.63) is 65.5 Å². The van der Waals surface area contributed by atoms with E-state index in [0.717, 1.165) is 32.6 Å². The summed E-state index contributed by atoms with van der Waals surface area (Å²) in [4.78, 5) is 6.87. The van der Waals surface area contributed by atoms with Crippen LogP contribution in [0.5, 0.6) is 0 Å². The van der Waals surface area contributed by atoms with Crippen LogP contribution in [0.4, 0.5) is 0 Å². The Morgan fingerprint density at radius 2 is 2.00 bits per heavy atom. The smallest absolute Gasteiger partial charge is 0.0488 e. The molecular formula is C20H28ClN3. The molecule has 1 aromatic heterocycles. The zero-order chi connectivity index (χ0) is 16.1. The molecule has 0 bridgehead atoms. The quantitative estimate of drug-likeness (QED) is 0.893. The van der Waals surface area contributed by atoms with Gasteiger partial charge in [0.1, 0.15) is 0 Å². The van der Waals surface area contributed by atoms with E-state index < -0.39 is 0 Å². The normalized spacial score (nSPS) is 18.4. The van der Waals surface area contributed by atoms with Crippen molar-refractivity contribution in [2.75, 3.05) is 26.2 Å². The van der Waals surface area contributed by atoms with Crippen LogP contribution >= 0.6 is 12.4 Å². The number of hydrogen-bond donors (Lipinski definition) is 1. The standard InChI is InChI=1S/C20H27N3.ClH/c1-16(2)18-7-5-17(6-8-18)9-12-23-13-11-22-15-20(23)19-4-3-10-21-14-19;/h3-8,10,14,16,20,22H,9,11-13,15H2,1-2H3;1H. The lowest BCUT2D eigenvalue weighted by Gasteiger charge is -2.36. The Bertz CT molecular complexity index is 598. The molecule has 1 aliphatic heterocycles. The lowest BCUT2D eigenvalue weighted by molar-refractivity contribution is 0.164. The van der Waals surface area contributed by atoms with E-state index in [1.165, 1.54) is 16.7 Å². The van der Waals surface area contributed by atoms with Crippen LogP contribution in [0, 0.1) is 0 Å². The molecular weight excluding hydrogens is 318 g/mol. The highest BCUT2D eigenvalue weighted by molar-refractivity contribution is 5.85. The van der Waals surface area contributed by atoms with Gasteiger partial charge < -0.3 is 5.32 Å². The molecule has 3 nitrogen and oxygen atoms in total. The first-order chi connectivity index (χ1) is 11.2. The Morgan fingerprint density at radius 3 is 2.67 bits per heavy atom. The predicted octanol–water partition coefficient (Wildman–Crippen LogP) is 3.82. The number of rotatable bonds is 5. The van der Waals surface area contributed by atoms with E-state index in [9.17, 15) is 0 Å². The van der Waals surface area contributed by atoms with Gasteiger partial charge in [-0.3, -0.25) is 9.88 Å². The molecule has 2 heterocycles. The van der Waals surface area contributed by atoms with Gasteiger partial charge in [0.15, 0.2) is 0 Å². The lowest BCUT2D eigenvalue weighted by atomic mass is 10.00. The van der Waals surface area contributed by atoms with Crippen LogP contribution in [-0.4, -0.2) is 36.1 Å². The van der Waals surface area contributed by atoms with Gasteiger partial charge in [-0.15, -0.1) is 12.4 Å². The highest BCUT2D eigenvalue weighted by Gasteiger charge is 2.23. The number of aromatic nitrogens is 1. The van der Waals surface area contributed by atoms with E-state index in [1.54, 1.807) is 0 Å². The summed E-state index contributed by atoms with van der Waals surface area (Å²) in [5.41, 5.74) is 4.16. The summed E-state index contributed by atoms with van der Waals surface area (Å²) in [5.74, 6) is 0.604. The van der Waals surface area contributed by atoms with Crippen molar-refractivity contribution in [1.82, 2.24) is 15.2 Å². The minimum absolute atomic E-state index is 0. The molecule has 0 aliphatic carbocycles. The van der Waals surface area contributed by atoms with E-state index >= 15 is 0 Å². The number of hydrogen-bond acceptors (Lipinski definition) is 3. The minimum atomic E-state index is 0. The third-order valence-corrected chi connectivity index (χ3v) is 4.76. The number of nitrogens with one attached hydrogen (secondary N) is 1. The summed E-state index contributed by atoms with van der Waals surface area (Å²) >= 11 is 0. The molecule has 0 saturated carbocycles. The first-order valence-corrected chi connectivity index (χ1v) is 8.67. The van der Waals surface area contributed by atoms with Gasteiger partial charge in [-0.2, -0.15) is 0 Å². The van der Waals surface area contributed by atoms with Gasteiger partial charge in [0.05, 0.1) is 0 Å². The molecule has 1 unspecified atom stereocenters.